The van der Waals surface area contributed by atoms with Crippen molar-refractivity contribution in [3.8, 4) is 0 Å². The molecule has 0 bridgehead atoms. The van der Waals surface area contributed by atoms with Crippen LogP contribution in [-0.4, -0.2) is 47.5 Å². The van der Waals surface area contributed by atoms with E-state index < -0.39 is 11.6 Å². The van der Waals surface area contributed by atoms with Crippen molar-refractivity contribution in [1.82, 2.24) is 15.1 Å². The Bertz CT molecular complexity index is 976. The highest BCUT2D eigenvalue weighted by atomic mass is 32.2. The molecule has 7 heteroatoms. The maximum Gasteiger partial charge on any atom is 0.325 e. The summed E-state index contributed by atoms with van der Waals surface area (Å²) in [5.41, 5.74) is 1.88. The molecule has 6 nitrogen and oxygen atoms in total. The number of hydrogen-bond donors (Lipinski definition) is 1. The van der Waals surface area contributed by atoms with E-state index in [1.54, 1.807) is 23.7 Å². The van der Waals surface area contributed by atoms with Gasteiger partial charge in [0, 0.05) is 18.5 Å². The average Bonchev–Trinajstić information content (AvgIpc) is 3.22. The Balaban J connectivity index is 1.46. The molecule has 4 amide bonds. The molecule has 0 saturated carbocycles. The molecule has 1 fully saturated rings. The van der Waals surface area contributed by atoms with E-state index in [9.17, 15) is 14.4 Å². The van der Waals surface area contributed by atoms with E-state index in [4.69, 9.17) is 0 Å². The number of imide groups is 1. The molecule has 1 aliphatic heterocycles. The first kappa shape index (κ1) is 19.5. The van der Waals surface area contributed by atoms with E-state index in [-0.39, 0.29) is 18.4 Å². The van der Waals surface area contributed by atoms with Crippen LogP contribution in [0.5, 0.6) is 0 Å². The Morgan fingerprint density at radius 1 is 1.17 bits per heavy atom. The summed E-state index contributed by atoms with van der Waals surface area (Å²) in [5.74, 6) is -0.607. The van der Waals surface area contributed by atoms with Crippen LogP contribution < -0.4 is 5.32 Å². The topological polar surface area (TPSA) is 69.7 Å². The fraction of sp³-hybridized carbons (Fsp3) is 0.318. The molecule has 1 saturated heterocycles. The second kappa shape index (κ2) is 7.55. The molecular formula is C22H23N3O3S. The summed E-state index contributed by atoms with van der Waals surface area (Å²) in [7, 11) is 1.68. The lowest BCUT2D eigenvalue weighted by Gasteiger charge is -2.23. The summed E-state index contributed by atoms with van der Waals surface area (Å²) in [6.45, 7) is 0.166. The molecular weight excluding hydrogens is 386 g/mol. The summed E-state index contributed by atoms with van der Waals surface area (Å²) in [4.78, 5) is 42.2. The second-order valence-electron chi connectivity index (χ2n) is 7.48. The van der Waals surface area contributed by atoms with Gasteiger partial charge in [-0.3, -0.25) is 14.5 Å². The number of benzene rings is 2. The molecule has 1 aliphatic carbocycles. The van der Waals surface area contributed by atoms with Crippen molar-refractivity contribution < 1.29 is 14.4 Å². The molecule has 2 aromatic carbocycles. The van der Waals surface area contributed by atoms with Gasteiger partial charge in [-0.15, -0.1) is 11.8 Å². The molecule has 0 radical (unpaired) electrons. The number of likely N-dealkylation sites (N-methyl/N-ethyl adjacent to an activating group) is 1. The summed E-state index contributed by atoms with van der Waals surface area (Å²) in [5, 5.41) is 2.86. The van der Waals surface area contributed by atoms with E-state index in [0.29, 0.717) is 13.0 Å². The van der Waals surface area contributed by atoms with Crippen LogP contribution in [0, 0.1) is 0 Å². The quantitative estimate of drug-likeness (QED) is 0.609. The number of aryl methyl sites for hydroxylation is 1. The Morgan fingerprint density at radius 2 is 1.90 bits per heavy atom. The van der Waals surface area contributed by atoms with Gasteiger partial charge in [-0.2, -0.15) is 0 Å². The van der Waals surface area contributed by atoms with Crippen LogP contribution in [0.4, 0.5) is 4.79 Å². The molecule has 29 heavy (non-hydrogen) atoms. The summed E-state index contributed by atoms with van der Waals surface area (Å²) >= 11 is 1.66. The van der Waals surface area contributed by atoms with Crippen LogP contribution in [-0.2, 0) is 28.1 Å². The van der Waals surface area contributed by atoms with E-state index in [1.807, 2.05) is 54.8 Å². The zero-order chi connectivity index (χ0) is 20.6. The minimum Gasteiger partial charge on any atom is -0.340 e. The Labute approximate surface area is 174 Å². The maximum absolute atomic E-state index is 13.2. The van der Waals surface area contributed by atoms with Crippen LogP contribution in [0.25, 0.3) is 0 Å². The third-order valence-electron chi connectivity index (χ3n) is 5.72. The number of urea groups is 1. The van der Waals surface area contributed by atoms with Crippen LogP contribution in [0.3, 0.4) is 0 Å². The molecule has 150 valence electrons. The van der Waals surface area contributed by atoms with Crippen LogP contribution >= 0.6 is 11.8 Å². The zero-order valence-corrected chi connectivity index (χ0v) is 17.3. The van der Waals surface area contributed by atoms with Crippen molar-refractivity contribution in [3.05, 3.63) is 65.2 Å². The lowest BCUT2D eigenvalue weighted by molar-refractivity contribution is -0.138. The molecule has 1 atom stereocenters. The van der Waals surface area contributed by atoms with Gasteiger partial charge in [0.15, 0.2) is 0 Å². The number of nitrogens with zero attached hydrogens (tertiary/aromatic N) is 2. The number of thioether (sulfide) groups is 1. The van der Waals surface area contributed by atoms with E-state index >= 15 is 0 Å². The molecule has 1 heterocycles. The number of fused-ring (bicyclic) bond motifs is 2. The van der Waals surface area contributed by atoms with E-state index in [0.717, 1.165) is 32.9 Å². The van der Waals surface area contributed by atoms with Gasteiger partial charge in [-0.1, -0.05) is 36.4 Å². The van der Waals surface area contributed by atoms with Crippen LogP contribution in [0.1, 0.15) is 23.1 Å². The van der Waals surface area contributed by atoms with Gasteiger partial charge in [0.25, 0.3) is 5.91 Å². The van der Waals surface area contributed by atoms with Crippen molar-refractivity contribution >= 4 is 29.6 Å². The highest BCUT2D eigenvalue weighted by Gasteiger charge is 2.55. The molecule has 1 spiro atoms. The molecule has 2 aliphatic rings. The zero-order valence-electron chi connectivity index (χ0n) is 16.5. The summed E-state index contributed by atoms with van der Waals surface area (Å²) < 4.78 is 0. The van der Waals surface area contributed by atoms with Crippen molar-refractivity contribution in [2.24, 2.45) is 0 Å². The number of rotatable bonds is 5. The Kier molecular flexibility index (Phi) is 5.08. The number of amides is 4. The molecule has 0 aromatic heterocycles. The smallest absolute Gasteiger partial charge is 0.325 e. The van der Waals surface area contributed by atoms with Crippen molar-refractivity contribution in [2.75, 3.05) is 19.8 Å². The van der Waals surface area contributed by atoms with E-state index in [1.165, 1.54) is 0 Å². The van der Waals surface area contributed by atoms with Crippen molar-refractivity contribution in [2.45, 2.75) is 29.8 Å². The fourth-order valence-corrected chi connectivity index (χ4v) is 4.49. The van der Waals surface area contributed by atoms with Crippen molar-refractivity contribution in [1.29, 1.82) is 0 Å². The lowest BCUT2D eigenvalue weighted by Crippen LogP contribution is -2.44. The Hall–Kier alpha value is -2.80. The van der Waals surface area contributed by atoms with Crippen LogP contribution in [0.15, 0.2) is 53.4 Å². The highest BCUT2D eigenvalue weighted by molar-refractivity contribution is 7.98. The standard InChI is InChI=1S/C22H23N3O3S/c1-24(13-15-7-9-17(29-2)10-8-15)19(26)14-25-20(27)22(23-21(25)28)12-11-16-5-3-4-6-18(16)22/h3-10H,11-14H2,1-2H3,(H,23,28)/t22-/m1/s1. The number of hydrogen-bond acceptors (Lipinski definition) is 4. The van der Waals surface area contributed by atoms with Crippen molar-refractivity contribution in [3.63, 3.8) is 0 Å². The minimum absolute atomic E-state index is 0.256. The third kappa shape index (κ3) is 3.40. The summed E-state index contributed by atoms with van der Waals surface area (Å²) in [6.07, 6.45) is 3.27. The first-order chi connectivity index (χ1) is 13.9. The van der Waals surface area contributed by atoms with E-state index in [2.05, 4.69) is 5.32 Å². The highest BCUT2D eigenvalue weighted by Crippen LogP contribution is 2.41. The number of carbonyl (C=O) groups excluding carboxylic acids is 3. The van der Waals surface area contributed by atoms with Crippen LogP contribution in [0.2, 0.25) is 0 Å². The SMILES string of the molecule is CSc1ccc(CN(C)C(=O)CN2C(=O)N[C@@]3(CCc4ccccc43)C2=O)cc1. The van der Waals surface area contributed by atoms with Gasteiger partial charge >= 0.3 is 6.03 Å². The molecule has 1 N–H and O–H groups in total. The van der Waals surface area contributed by atoms with Gasteiger partial charge in [-0.25, -0.2) is 4.79 Å². The van der Waals surface area contributed by atoms with Gasteiger partial charge in [0.1, 0.15) is 12.1 Å². The average molecular weight is 410 g/mol. The predicted molar refractivity (Wildman–Crippen MR) is 111 cm³/mol. The van der Waals surface area contributed by atoms with Gasteiger partial charge in [-0.05, 0) is 47.9 Å². The number of carbonyl (C=O) groups is 3. The Morgan fingerprint density at radius 3 is 2.62 bits per heavy atom. The number of nitrogens with one attached hydrogen (secondary N) is 1. The molecule has 2 aromatic rings. The van der Waals surface area contributed by atoms with Gasteiger partial charge in [0.05, 0.1) is 0 Å². The van der Waals surface area contributed by atoms with Gasteiger partial charge < -0.3 is 10.2 Å². The fourth-order valence-electron chi connectivity index (χ4n) is 4.08. The largest absolute Gasteiger partial charge is 0.340 e. The maximum atomic E-state index is 13.2. The molecule has 4 rings (SSSR count). The van der Waals surface area contributed by atoms with Gasteiger partial charge in [0.2, 0.25) is 5.91 Å². The summed E-state index contributed by atoms with van der Waals surface area (Å²) in [6, 6.07) is 15.1. The first-order valence-electron chi connectivity index (χ1n) is 9.54. The normalized spacial score (nSPS) is 20.1. The lowest BCUT2D eigenvalue weighted by atomic mass is 9.92. The third-order valence-corrected chi connectivity index (χ3v) is 6.46. The monoisotopic (exact) mass is 409 g/mol. The first-order valence-corrected chi connectivity index (χ1v) is 10.8. The predicted octanol–water partition coefficient (Wildman–Crippen LogP) is 2.76. The molecule has 0 unspecified atom stereocenters. The minimum atomic E-state index is -1.03. The second-order valence-corrected chi connectivity index (χ2v) is 8.36.